The first kappa shape index (κ1) is 27.4. The third kappa shape index (κ3) is 4.99. The lowest BCUT2D eigenvalue weighted by molar-refractivity contribution is -0.132. The molecular formula is C28H18Cl2FN5O3S2. The molecule has 206 valence electrons. The molecule has 8 nitrogen and oxygen atoms in total. The molecule has 1 aliphatic rings. The van der Waals surface area contributed by atoms with Crippen LogP contribution in [0.25, 0.3) is 11.4 Å². The van der Waals surface area contributed by atoms with Crippen LogP contribution in [0.5, 0.6) is 0 Å². The van der Waals surface area contributed by atoms with Crippen LogP contribution in [0.4, 0.5) is 9.52 Å². The molecule has 0 saturated carbocycles. The zero-order valence-electron chi connectivity index (χ0n) is 21.1. The van der Waals surface area contributed by atoms with Crippen molar-refractivity contribution < 1.29 is 19.1 Å². The number of halogens is 3. The predicted molar refractivity (Wildman–Crippen MR) is 157 cm³/mol. The molecule has 1 N–H and O–H groups in total. The maximum absolute atomic E-state index is 13.9. The largest absolute Gasteiger partial charge is 0.505 e. The summed E-state index contributed by atoms with van der Waals surface area (Å²) in [5.74, 6) is -2.20. The van der Waals surface area contributed by atoms with Gasteiger partial charge in [0.05, 0.1) is 17.3 Å². The molecule has 1 fully saturated rings. The average molecular weight is 627 g/mol. The fourth-order valence-electron chi connectivity index (χ4n) is 4.65. The van der Waals surface area contributed by atoms with Gasteiger partial charge in [-0.05, 0) is 54.4 Å². The summed E-state index contributed by atoms with van der Waals surface area (Å²) in [5.41, 5.74) is 2.40. The Morgan fingerprint density at radius 3 is 2.63 bits per heavy atom. The van der Waals surface area contributed by atoms with E-state index in [1.54, 1.807) is 47.9 Å². The van der Waals surface area contributed by atoms with E-state index in [1.807, 2.05) is 6.07 Å². The molecule has 0 aliphatic carbocycles. The van der Waals surface area contributed by atoms with Gasteiger partial charge in [-0.2, -0.15) is 0 Å². The third-order valence-corrected chi connectivity index (χ3v) is 9.22. The second-order valence-corrected chi connectivity index (χ2v) is 12.1. The predicted octanol–water partition coefficient (Wildman–Crippen LogP) is 6.86. The number of imidazole rings is 1. The van der Waals surface area contributed by atoms with Gasteiger partial charge in [0.1, 0.15) is 17.2 Å². The first-order chi connectivity index (χ1) is 19.7. The van der Waals surface area contributed by atoms with Gasteiger partial charge in [0.2, 0.25) is 5.13 Å². The molecule has 6 rings (SSSR count). The Balaban J connectivity index is 1.42. The number of aliphatic hydroxyl groups is 1. The van der Waals surface area contributed by atoms with E-state index in [9.17, 15) is 19.1 Å². The summed E-state index contributed by atoms with van der Waals surface area (Å²) in [6, 6.07) is 14.8. The molecule has 1 saturated heterocycles. The van der Waals surface area contributed by atoms with E-state index in [-0.39, 0.29) is 16.4 Å². The molecule has 1 atom stereocenters. The van der Waals surface area contributed by atoms with Crippen molar-refractivity contribution in [2.45, 2.75) is 23.1 Å². The molecule has 5 aromatic rings. The van der Waals surface area contributed by atoms with Crippen molar-refractivity contribution in [2.24, 2.45) is 0 Å². The lowest BCUT2D eigenvalue weighted by Crippen LogP contribution is -2.29. The lowest BCUT2D eigenvalue weighted by Gasteiger charge is -2.22. The van der Waals surface area contributed by atoms with Crippen LogP contribution in [0.15, 0.2) is 76.8 Å². The normalized spacial score (nSPS) is 16.7. The highest BCUT2D eigenvalue weighted by Gasteiger charge is 2.48. The van der Waals surface area contributed by atoms with Gasteiger partial charge in [-0.1, -0.05) is 70.6 Å². The number of rotatable bonds is 6. The molecular weight excluding hydrogens is 608 g/mol. The Hall–Kier alpha value is -3.77. The summed E-state index contributed by atoms with van der Waals surface area (Å²) in [7, 11) is 0. The summed E-state index contributed by atoms with van der Waals surface area (Å²) < 4.78 is 16.0. The van der Waals surface area contributed by atoms with Gasteiger partial charge >= 0.3 is 5.91 Å². The first-order valence-electron chi connectivity index (χ1n) is 12.1. The number of Topliss-reactive ketones (excluding diaryl/α,β-unsaturated/α-hetero) is 1. The minimum atomic E-state index is -1.08. The van der Waals surface area contributed by atoms with Crippen molar-refractivity contribution in [2.75, 3.05) is 4.90 Å². The van der Waals surface area contributed by atoms with Gasteiger partial charge < -0.3 is 5.11 Å². The van der Waals surface area contributed by atoms with E-state index in [0.717, 1.165) is 16.9 Å². The minimum Gasteiger partial charge on any atom is -0.505 e. The number of fused-ring (bicyclic) bond motifs is 1. The van der Waals surface area contributed by atoms with Crippen LogP contribution in [-0.2, 0) is 15.3 Å². The quantitative estimate of drug-likeness (QED) is 0.0723. The number of hydrogen-bond donors (Lipinski definition) is 1. The summed E-state index contributed by atoms with van der Waals surface area (Å²) in [6.45, 7) is 1.70. The van der Waals surface area contributed by atoms with E-state index in [1.165, 1.54) is 40.9 Å². The topological polar surface area (TPSA) is 101 Å². The maximum atomic E-state index is 13.9. The number of anilines is 1. The molecule has 0 spiro atoms. The maximum Gasteiger partial charge on any atom is 0.301 e. The molecule has 13 heteroatoms. The summed E-state index contributed by atoms with van der Waals surface area (Å²) >= 11 is 14.7. The highest BCUT2D eigenvalue weighted by Crippen LogP contribution is 2.44. The third-order valence-electron chi connectivity index (χ3n) is 6.53. The van der Waals surface area contributed by atoms with E-state index in [2.05, 4.69) is 15.2 Å². The first-order valence-corrected chi connectivity index (χ1v) is 14.7. The average Bonchev–Trinajstić information content (AvgIpc) is 3.62. The molecule has 41 heavy (non-hydrogen) atoms. The number of aliphatic hydroxyl groups excluding tert-OH is 1. The van der Waals surface area contributed by atoms with E-state index in [0.29, 0.717) is 37.0 Å². The van der Waals surface area contributed by atoms with Gasteiger partial charge in [0, 0.05) is 22.0 Å². The molecule has 1 aliphatic heterocycles. The Bertz CT molecular complexity index is 1870. The molecule has 0 bridgehead atoms. The number of nitrogens with zero attached hydrogens (tertiary/aromatic N) is 5. The summed E-state index contributed by atoms with van der Waals surface area (Å²) in [6.07, 6.45) is 1.70. The number of ketones is 1. The molecule has 1 amide bonds. The number of aryl methyl sites for hydroxylation is 1. The van der Waals surface area contributed by atoms with Crippen LogP contribution in [0.2, 0.25) is 10.0 Å². The smallest absolute Gasteiger partial charge is 0.301 e. The van der Waals surface area contributed by atoms with Crippen molar-refractivity contribution in [1.82, 2.24) is 19.6 Å². The molecule has 2 aromatic carbocycles. The van der Waals surface area contributed by atoms with Crippen LogP contribution < -0.4 is 4.90 Å². The lowest BCUT2D eigenvalue weighted by atomic mass is 9.96. The van der Waals surface area contributed by atoms with Crippen molar-refractivity contribution in [1.29, 1.82) is 0 Å². The zero-order chi connectivity index (χ0) is 28.8. The number of carbonyl (C=O) groups is 2. The number of aromatic nitrogens is 4. The highest BCUT2D eigenvalue weighted by atomic mass is 35.5. The van der Waals surface area contributed by atoms with Crippen LogP contribution in [-0.4, -0.2) is 36.4 Å². The molecule has 0 radical (unpaired) electrons. The molecule has 3 aromatic heterocycles. The van der Waals surface area contributed by atoms with Crippen LogP contribution in [0, 0.1) is 12.7 Å². The van der Waals surface area contributed by atoms with Gasteiger partial charge in [-0.15, -0.1) is 10.2 Å². The molecule has 4 heterocycles. The van der Waals surface area contributed by atoms with Crippen LogP contribution >= 0.6 is 46.3 Å². The Morgan fingerprint density at radius 2 is 1.88 bits per heavy atom. The van der Waals surface area contributed by atoms with E-state index >= 15 is 0 Å². The Morgan fingerprint density at radius 1 is 1.10 bits per heavy atom. The second kappa shape index (κ2) is 10.9. The van der Waals surface area contributed by atoms with Crippen LogP contribution in [0.1, 0.15) is 28.6 Å². The van der Waals surface area contributed by atoms with Crippen molar-refractivity contribution >= 4 is 74.5 Å². The summed E-state index contributed by atoms with van der Waals surface area (Å²) in [4.78, 5) is 32.7. The fraction of sp³-hybridized carbons (Fsp3) is 0.107. The van der Waals surface area contributed by atoms with Crippen LogP contribution in [0.3, 0.4) is 0 Å². The monoisotopic (exact) mass is 625 g/mol. The van der Waals surface area contributed by atoms with Crippen molar-refractivity contribution in [3.63, 3.8) is 0 Å². The highest BCUT2D eigenvalue weighted by molar-refractivity contribution is 8.00. The van der Waals surface area contributed by atoms with Gasteiger partial charge in [0.25, 0.3) is 5.78 Å². The number of benzene rings is 2. The summed E-state index contributed by atoms with van der Waals surface area (Å²) in [5, 5.41) is 21.2. The van der Waals surface area contributed by atoms with E-state index in [4.69, 9.17) is 23.2 Å². The van der Waals surface area contributed by atoms with Crippen molar-refractivity contribution in [3.8, 4) is 0 Å². The number of amides is 1. The molecule has 1 unspecified atom stereocenters. The number of hydrogen-bond acceptors (Lipinski definition) is 8. The minimum absolute atomic E-state index is 0.153. The van der Waals surface area contributed by atoms with Gasteiger partial charge in [-0.25, -0.2) is 9.37 Å². The SMILES string of the molecule is Cc1nc2ccccn2c1C(O)=C1C(=O)C(=O)N(c2nnc(SCc3ccc(Cl)cc3Cl)s2)C1c1ccc(F)cc1. The standard InChI is InChI=1S/C28H18Cl2FN5O3S2/c1-14-22(35-11-3-2-4-20(35)32-14)24(37)21-23(15-6-9-18(31)10-7-15)36(26(39)25(21)38)27-33-34-28(41-27)40-13-16-5-8-17(29)12-19(16)30/h2-12,23,37H,13H2,1H3. The van der Waals surface area contributed by atoms with Crippen molar-refractivity contribution in [3.05, 3.63) is 111 Å². The Labute approximate surface area is 251 Å². The van der Waals surface area contributed by atoms with Gasteiger partial charge in [-0.3, -0.25) is 18.9 Å². The Kier molecular flexibility index (Phi) is 7.28. The number of carbonyl (C=O) groups excluding carboxylic acids is 2. The number of thioether (sulfide) groups is 1. The second-order valence-electron chi connectivity index (χ2n) is 9.07. The number of pyridine rings is 1. The van der Waals surface area contributed by atoms with E-state index < -0.39 is 29.3 Å². The van der Waals surface area contributed by atoms with Gasteiger partial charge in [0.15, 0.2) is 10.1 Å². The zero-order valence-corrected chi connectivity index (χ0v) is 24.2. The fourth-order valence-corrected chi connectivity index (χ4v) is 7.08.